The van der Waals surface area contributed by atoms with Crippen LogP contribution in [-0.4, -0.2) is 46.9 Å². The fraction of sp³-hybridized carbons (Fsp3) is 0.174. The monoisotopic (exact) mass is 482 g/mol. The number of anilines is 1. The molecule has 2 aromatic carbocycles. The van der Waals surface area contributed by atoms with Gasteiger partial charge < -0.3 is 5.32 Å². The molecule has 0 saturated carbocycles. The summed E-state index contributed by atoms with van der Waals surface area (Å²) < 4.78 is 13.8. The minimum atomic E-state index is -0.551. The minimum absolute atomic E-state index is 0.0201. The summed E-state index contributed by atoms with van der Waals surface area (Å²) in [4.78, 5) is 61.8. The lowest BCUT2D eigenvalue weighted by Crippen LogP contribution is -2.50. The van der Waals surface area contributed by atoms with Crippen LogP contribution in [0.25, 0.3) is 6.08 Å². The second-order valence-corrected chi connectivity index (χ2v) is 8.41. The van der Waals surface area contributed by atoms with Gasteiger partial charge in [-0.1, -0.05) is 18.2 Å². The molecule has 0 bridgehead atoms. The van der Waals surface area contributed by atoms with Crippen molar-refractivity contribution < 1.29 is 28.4 Å². The lowest BCUT2D eigenvalue weighted by Gasteiger charge is -2.27. The van der Waals surface area contributed by atoms with Crippen molar-refractivity contribution in [3.8, 4) is 0 Å². The first-order valence-electron chi connectivity index (χ1n) is 10.3. The van der Waals surface area contributed by atoms with Gasteiger partial charge in [0.05, 0.1) is 10.6 Å². The molecule has 0 aliphatic carbocycles. The summed E-state index contributed by atoms with van der Waals surface area (Å²) in [5.74, 6) is -2.00. The average molecular weight is 482 g/mol. The Labute approximate surface area is 197 Å². The third-order valence-electron chi connectivity index (χ3n) is 5.13. The van der Waals surface area contributed by atoms with Gasteiger partial charge in [-0.3, -0.25) is 34.3 Å². The van der Waals surface area contributed by atoms with E-state index in [4.69, 9.17) is 0 Å². The zero-order chi connectivity index (χ0) is 24.2. The maximum atomic E-state index is 13.8. The van der Waals surface area contributed by atoms with Crippen molar-refractivity contribution in [3.05, 3.63) is 70.4 Å². The van der Waals surface area contributed by atoms with E-state index in [0.717, 1.165) is 9.91 Å². The van der Waals surface area contributed by atoms with Crippen LogP contribution in [0.4, 0.5) is 14.9 Å². The lowest BCUT2D eigenvalue weighted by molar-refractivity contribution is -0.130. The van der Waals surface area contributed by atoms with Crippen molar-refractivity contribution in [3.63, 3.8) is 0 Å². The van der Waals surface area contributed by atoms with E-state index < -0.39 is 22.9 Å². The Morgan fingerprint density at radius 3 is 2.53 bits per heavy atom. The maximum absolute atomic E-state index is 13.8. The SMILES string of the molecule is O=C1CCC(=O)N(c2ccc(C(=O)NCCN3C(=O)S/C(=C\c4ccccc4F)C3=O)cc2)N1. The number of nitrogens with one attached hydrogen (secondary N) is 2. The molecule has 11 heteroatoms. The van der Waals surface area contributed by atoms with Crippen molar-refractivity contribution >= 4 is 52.4 Å². The van der Waals surface area contributed by atoms with Gasteiger partial charge in [0.15, 0.2) is 0 Å². The second kappa shape index (κ2) is 9.87. The Bertz CT molecular complexity index is 1210. The van der Waals surface area contributed by atoms with Gasteiger partial charge in [0.25, 0.3) is 17.1 Å². The predicted molar refractivity (Wildman–Crippen MR) is 123 cm³/mol. The quantitative estimate of drug-likeness (QED) is 0.611. The van der Waals surface area contributed by atoms with E-state index in [-0.39, 0.29) is 48.2 Å². The van der Waals surface area contributed by atoms with Gasteiger partial charge in [-0.2, -0.15) is 0 Å². The highest BCUT2D eigenvalue weighted by Gasteiger charge is 2.34. The number of halogens is 1. The number of imide groups is 1. The number of benzene rings is 2. The molecule has 9 nitrogen and oxygen atoms in total. The molecule has 2 aliphatic heterocycles. The number of hydrogen-bond donors (Lipinski definition) is 2. The lowest BCUT2D eigenvalue weighted by atomic mass is 10.1. The summed E-state index contributed by atoms with van der Waals surface area (Å²) in [5, 5.41) is 3.27. The van der Waals surface area contributed by atoms with Gasteiger partial charge in [-0.25, -0.2) is 9.40 Å². The van der Waals surface area contributed by atoms with Gasteiger partial charge in [-0.15, -0.1) is 0 Å². The molecule has 174 valence electrons. The van der Waals surface area contributed by atoms with Gasteiger partial charge in [-0.05, 0) is 48.2 Å². The van der Waals surface area contributed by atoms with Crippen LogP contribution in [0.15, 0.2) is 53.4 Å². The first kappa shape index (κ1) is 23.2. The van der Waals surface area contributed by atoms with E-state index in [1.54, 1.807) is 6.07 Å². The number of thioether (sulfide) groups is 1. The van der Waals surface area contributed by atoms with Crippen molar-refractivity contribution in [2.75, 3.05) is 18.1 Å². The standard InChI is InChI=1S/C23H19FN4O5S/c24-17-4-2-1-3-15(17)13-18-22(32)27(23(33)34-18)12-11-25-21(31)14-5-7-16(8-6-14)28-20(30)10-9-19(29)26-28/h1-8,13H,9-12H2,(H,25,31)(H,26,29)/b18-13-. The summed E-state index contributed by atoms with van der Waals surface area (Å²) in [5.41, 5.74) is 3.40. The maximum Gasteiger partial charge on any atom is 0.293 e. The summed E-state index contributed by atoms with van der Waals surface area (Å²) >= 11 is 0.713. The molecule has 0 aromatic heterocycles. The van der Waals surface area contributed by atoms with E-state index in [1.165, 1.54) is 48.5 Å². The average Bonchev–Trinajstić information content (AvgIpc) is 3.09. The zero-order valence-electron chi connectivity index (χ0n) is 17.7. The number of nitrogens with zero attached hydrogens (tertiary/aromatic N) is 2. The van der Waals surface area contributed by atoms with Crippen molar-refractivity contribution in [1.29, 1.82) is 0 Å². The third kappa shape index (κ3) is 4.99. The molecule has 2 saturated heterocycles. The van der Waals surface area contributed by atoms with E-state index >= 15 is 0 Å². The first-order chi connectivity index (χ1) is 16.3. The van der Waals surface area contributed by atoms with Gasteiger partial charge in [0, 0.05) is 37.1 Å². The molecule has 4 rings (SSSR count). The number of rotatable bonds is 6. The highest BCUT2D eigenvalue weighted by Crippen LogP contribution is 2.32. The summed E-state index contributed by atoms with van der Waals surface area (Å²) in [7, 11) is 0. The molecule has 0 atom stereocenters. The Morgan fingerprint density at radius 1 is 1.06 bits per heavy atom. The van der Waals surface area contributed by atoms with Gasteiger partial charge >= 0.3 is 0 Å². The van der Waals surface area contributed by atoms with Crippen LogP contribution in [0, 0.1) is 5.82 Å². The number of hydrogen-bond acceptors (Lipinski definition) is 6. The molecule has 2 fully saturated rings. The van der Waals surface area contributed by atoms with Crippen molar-refractivity contribution in [1.82, 2.24) is 15.6 Å². The van der Waals surface area contributed by atoms with Crippen molar-refractivity contribution in [2.45, 2.75) is 12.8 Å². The summed E-state index contributed by atoms with van der Waals surface area (Å²) in [6.07, 6.45) is 1.57. The molecule has 0 spiro atoms. The topological polar surface area (TPSA) is 116 Å². The molecule has 34 heavy (non-hydrogen) atoms. The van der Waals surface area contributed by atoms with Crippen LogP contribution >= 0.6 is 11.8 Å². The smallest absolute Gasteiger partial charge is 0.293 e. The Kier molecular flexibility index (Phi) is 6.73. The van der Waals surface area contributed by atoms with Crippen LogP contribution in [0.3, 0.4) is 0 Å². The number of carbonyl (C=O) groups excluding carboxylic acids is 5. The minimum Gasteiger partial charge on any atom is -0.350 e. The van der Waals surface area contributed by atoms with Crippen LogP contribution in [-0.2, 0) is 14.4 Å². The second-order valence-electron chi connectivity index (χ2n) is 7.42. The van der Waals surface area contributed by atoms with E-state index in [2.05, 4.69) is 10.7 Å². The molecular formula is C23H19FN4O5S. The highest BCUT2D eigenvalue weighted by molar-refractivity contribution is 8.18. The number of amides is 5. The predicted octanol–water partition coefficient (Wildman–Crippen LogP) is 2.45. The first-order valence-corrected chi connectivity index (χ1v) is 11.2. The summed E-state index contributed by atoms with van der Waals surface area (Å²) in [6.45, 7) is -0.0241. The van der Waals surface area contributed by atoms with E-state index in [9.17, 15) is 28.4 Å². The van der Waals surface area contributed by atoms with Crippen LogP contribution in [0.1, 0.15) is 28.8 Å². The molecule has 2 aliphatic rings. The zero-order valence-corrected chi connectivity index (χ0v) is 18.6. The molecular weight excluding hydrogens is 463 g/mol. The van der Waals surface area contributed by atoms with Gasteiger partial charge in [0.1, 0.15) is 5.82 Å². The van der Waals surface area contributed by atoms with Crippen LogP contribution in [0.5, 0.6) is 0 Å². The largest absolute Gasteiger partial charge is 0.350 e. The van der Waals surface area contributed by atoms with Crippen molar-refractivity contribution in [2.24, 2.45) is 0 Å². The molecule has 2 heterocycles. The Morgan fingerprint density at radius 2 is 1.79 bits per heavy atom. The fourth-order valence-corrected chi connectivity index (χ4v) is 4.21. The molecule has 2 N–H and O–H groups in total. The third-order valence-corrected chi connectivity index (χ3v) is 6.03. The van der Waals surface area contributed by atoms with Crippen LogP contribution in [0.2, 0.25) is 0 Å². The number of carbonyl (C=O) groups is 5. The molecule has 0 radical (unpaired) electrons. The Balaban J connectivity index is 1.32. The Hall–Kier alpha value is -3.99. The normalized spacial score (nSPS) is 17.4. The fourth-order valence-electron chi connectivity index (χ4n) is 3.36. The van der Waals surface area contributed by atoms with Crippen LogP contribution < -0.4 is 15.8 Å². The highest BCUT2D eigenvalue weighted by atomic mass is 32.2. The van der Waals surface area contributed by atoms with E-state index in [1.807, 2.05) is 0 Å². The molecule has 5 amide bonds. The summed E-state index contributed by atoms with van der Waals surface area (Å²) in [6, 6.07) is 12.0. The van der Waals surface area contributed by atoms with E-state index in [0.29, 0.717) is 23.0 Å². The van der Waals surface area contributed by atoms with Gasteiger partial charge in [0.2, 0.25) is 11.8 Å². The molecule has 2 aromatic rings. The molecule has 0 unspecified atom stereocenters. The number of hydrazine groups is 1.